The van der Waals surface area contributed by atoms with E-state index in [1.165, 1.54) is 37.0 Å². The lowest BCUT2D eigenvalue weighted by molar-refractivity contribution is -0.123. The van der Waals surface area contributed by atoms with E-state index in [0.29, 0.717) is 23.7 Å². The van der Waals surface area contributed by atoms with Crippen LogP contribution in [0.5, 0.6) is 5.75 Å². The Morgan fingerprint density at radius 2 is 1.47 bits per heavy atom. The predicted octanol–water partition coefficient (Wildman–Crippen LogP) is 9.48. The summed E-state index contributed by atoms with van der Waals surface area (Å²) < 4.78 is 5.92. The zero-order valence-corrected chi connectivity index (χ0v) is 33.4. The molecule has 0 bridgehead atoms. The molecule has 0 saturated carbocycles. The third kappa shape index (κ3) is 13.5. The Morgan fingerprint density at radius 3 is 2.09 bits per heavy atom. The van der Waals surface area contributed by atoms with Crippen LogP contribution in [0, 0.1) is 0 Å². The second kappa shape index (κ2) is 21.5. The van der Waals surface area contributed by atoms with Crippen LogP contribution >= 0.6 is 11.3 Å². The highest BCUT2D eigenvalue weighted by atomic mass is 32.1. The Bertz CT molecular complexity index is 1900. The van der Waals surface area contributed by atoms with E-state index in [9.17, 15) is 9.59 Å². The van der Waals surface area contributed by atoms with E-state index in [2.05, 4.69) is 67.4 Å². The minimum absolute atomic E-state index is 0.0624. The van der Waals surface area contributed by atoms with Crippen LogP contribution in [0.2, 0.25) is 0 Å². The summed E-state index contributed by atoms with van der Waals surface area (Å²) in [4.78, 5) is 46.4. The summed E-state index contributed by atoms with van der Waals surface area (Å²) in [6.07, 6.45) is 10.1. The van der Waals surface area contributed by atoms with Gasteiger partial charge in [-0.15, -0.1) is 11.3 Å². The lowest BCUT2D eigenvalue weighted by Gasteiger charge is -2.20. The zero-order chi connectivity index (χ0) is 39.6. The molecular weight excluding hydrogens is 709 g/mol. The molecule has 2 heterocycles. The van der Waals surface area contributed by atoms with Crippen LogP contribution in [-0.4, -0.2) is 52.6 Å². The molecule has 290 valence electrons. The molecule has 0 aliphatic carbocycles. The summed E-state index contributed by atoms with van der Waals surface area (Å²) in [5.41, 5.74) is 4.83. The number of nitrogens with zero attached hydrogens (tertiary/aromatic N) is 2. The highest BCUT2D eigenvalue weighted by molar-refractivity contribution is 7.14. The van der Waals surface area contributed by atoms with Gasteiger partial charge in [0.1, 0.15) is 11.8 Å². The summed E-state index contributed by atoms with van der Waals surface area (Å²) in [7, 11) is 0. The van der Waals surface area contributed by atoms with Gasteiger partial charge in [0.2, 0.25) is 5.91 Å². The maximum Gasteiger partial charge on any atom is 0.290 e. The van der Waals surface area contributed by atoms with Crippen LogP contribution in [0.4, 0.5) is 0 Å². The van der Waals surface area contributed by atoms with E-state index in [0.717, 1.165) is 51.5 Å². The Kier molecular flexibility index (Phi) is 16.6. The van der Waals surface area contributed by atoms with Crippen molar-refractivity contribution in [2.24, 2.45) is 0 Å². The second-order valence-corrected chi connectivity index (χ2v) is 15.7. The van der Waals surface area contributed by atoms with Crippen LogP contribution in [0.25, 0.3) is 22.5 Å². The number of carbonyl (C=O) groups is 3. The summed E-state index contributed by atoms with van der Waals surface area (Å²) in [6.45, 7) is 11.6. The highest BCUT2D eigenvalue weighted by Crippen LogP contribution is 2.30. The van der Waals surface area contributed by atoms with Gasteiger partial charge in [-0.3, -0.25) is 14.4 Å². The van der Waals surface area contributed by atoms with Gasteiger partial charge < -0.3 is 20.5 Å². The van der Waals surface area contributed by atoms with Gasteiger partial charge in [0, 0.05) is 41.4 Å². The van der Waals surface area contributed by atoms with Crippen molar-refractivity contribution >= 4 is 29.6 Å². The largest absolute Gasteiger partial charge is 0.494 e. The summed E-state index contributed by atoms with van der Waals surface area (Å²) >= 11 is 1.47. The molecule has 5 rings (SSSR count). The van der Waals surface area contributed by atoms with Crippen molar-refractivity contribution in [2.45, 2.75) is 90.5 Å². The fourth-order valence-electron chi connectivity index (χ4n) is 5.87. The molecule has 0 spiro atoms. The van der Waals surface area contributed by atoms with Gasteiger partial charge in [-0.2, -0.15) is 0 Å². The summed E-state index contributed by atoms with van der Waals surface area (Å²) in [6, 6.07) is 29.1. The van der Waals surface area contributed by atoms with Gasteiger partial charge in [-0.05, 0) is 58.7 Å². The third-order valence-corrected chi connectivity index (χ3v) is 10.7. The molecule has 2 amide bonds. The average molecular weight is 763 g/mol. The standard InChI is InChI=1S/C44H52N4O3S.CH2O2/c1-6-7-8-9-13-26-51-37-22-20-34(21-23-37)36-29-45-41(46-30-36)35-18-16-32(17-19-35)27-38(42(49)47-28-31(2)33-14-11-10-12-15-33)48-43(50)39-24-25-40(52-39)44(3,4)5;2-1-3/h10-12,14-25,29-31,38H,6-9,13,26-28H2,1-5H3,(H,47,49)(H,48,50);1H,(H,2,3). The lowest BCUT2D eigenvalue weighted by Crippen LogP contribution is -2.48. The zero-order valence-electron chi connectivity index (χ0n) is 32.6. The number of carbonyl (C=O) groups excluding carboxylic acids is 2. The molecule has 0 radical (unpaired) electrons. The molecule has 2 atom stereocenters. The Morgan fingerprint density at radius 1 is 0.836 bits per heavy atom. The quantitative estimate of drug-likeness (QED) is 0.0636. The van der Waals surface area contributed by atoms with Crippen molar-refractivity contribution in [1.29, 1.82) is 0 Å². The van der Waals surface area contributed by atoms with Crippen molar-refractivity contribution in [3.8, 4) is 28.3 Å². The molecule has 3 aromatic carbocycles. The van der Waals surface area contributed by atoms with Gasteiger partial charge in [0.25, 0.3) is 12.4 Å². The number of carboxylic acid groups (broad SMARTS) is 1. The van der Waals surface area contributed by atoms with E-state index >= 15 is 0 Å². The summed E-state index contributed by atoms with van der Waals surface area (Å²) in [5, 5.41) is 13.0. The molecule has 2 aromatic heterocycles. The molecule has 2 unspecified atom stereocenters. The number of thiophene rings is 1. The molecule has 10 heteroatoms. The summed E-state index contributed by atoms with van der Waals surface area (Å²) in [5.74, 6) is 1.15. The van der Waals surface area contributed by atoms with Crippen LogP contribution in [-0.2, 0) is 21.4 Å². The molecule has 0 aliphatic heterocycles. The number of hydrogen-bond donors (Lipinski definition) is 3. The second-order valence-electron chi connectivity index (χ2n) is 14.6. The number of nitrogens with one attached hydrogen (secondary N) is 2. The highest BCUT2D eigenvalue weighted by Gasteiger charge is 2.25. The number of hydrogen-bond acceptors (Lipinski definition) is 7. The predicted molar refractivity (Wildman–Crippen MR) is 222 cm³/mol. The Labute approximate surface area is 329 Å². The first kappa shape index (κ1) is 42.4. The monoisotopic (exact) mass is 762 g/mol. The average Bonchev–Trinajstić information content (AvgIpc) is 3.71. The number of benzene rings is 3. The van der Waals surface area contributed by atoms with E-state index < -0.39 is 6.04 Å². The first-order valence-corrected chi connectivity index (χ1v) is 19.8. The van der Waals surface area contributed by atoms with Crippen molar-refractivity contribution < 1.29 is 24.2 Å². The Balaban J connectivity index is 0.00000217. The molecule has 0 fully saturated rings. The van der Waals surface area contributed by atoms with Crippen molar-refractivity contribution in [2.75, 3.05) is 13.2 Å². The SMILES string of the molecule is CCCCCCCOc1ccc(-c2cnc(-c3ccc(CC(NC(=O)c4ccc(C(C)(C)C)s4)C(=O)NCC(C)c4ccccc4)cc3)nc2)cc1.O=CO. The van der Waals surface area contributed by atoms with Gasteiger partial charge >= 0.3 is 0 Å². The maximum absolute atomic E-state index is 13.6. The topological polar surface area (TPSA) is 131 Å². The van der Waals surface area contributed by atoms with Gasteiger partial charge in [0.05, 0.1) is 11.5 Å². The minimum Gasteiger partial charge on any atom is -0.494 e. The maximum atomic E-state index is 13.6. The van der Waals surface area contributed by atoms with Crippen molar-refractivity contribution in [1.82, 2.24) is 20.6 Å². The third-order valence-electron chi connectivity index (χ3n) is 9.15. The van der Waals surface area contributed by atoms with E-state index in [1.807, 2.05) is 91.3 Å². The number of amides is 2. The van der Waals surface area contributed by atoms with Crippen LogP contribution < -0.4 is 15.4 Å². The van der Waals surface area contributed by atoms with Crippen LogP contribution in [0.1, 0.15) is 98.3 Å². The molecule has 9 nitrogen and oxygen atoms in total. The first-order valence-electron chi connectivity index (χ1n) is 19.0. The van der Waals surface area contributed by atoms with Gasteiger partial charge in [-0.1, -0.05) is 127 Å². The molecule has 0 saturated heterocycles. The van der Waals surface area contributed by atoms with Gasteiger partial charge in [-0.25, -0.2) is 9.97 Å². The van der Waals surface area contributed by atoms with Crippen molar-refractivity contribution in [3.63, 3.8) is 0 Å². The smallest absolute Gasteiger partial charge is 0.290 e. The van der Waals surface area contributed by atoms with Gasteiger partial charge in [0.15, 0.2) is 5.82 Å². The van der Waals surface area contributed by atoms with Crippen molar-refractivity contribution in [3.05, 3.63) is 124 Å². The van der Waals surface area contributed by atoms with Crippen LogP contribution in [0.15, 0.2) is 103 Å². The van der Waals surface area contributed by atoms with Crippen LogP contribution in [0.3, 0.4) is 0 Å². The molecule has 5 aromatic rings. The minimum atomic E-state index is -0.750. The van der Waals surface area contributed by atoms with E-state index in [-0.39, 0.29) is 29.6 Å². The molecule has 55 heavy (non-hydrogen) atoms. The molecule has 3 N–H and O–H groups in total. The number of aromatic nitrogens is 2. The van der Waals surface area contributed by atoms with E-state index in [4.69, 9.17) is 14.6 Å². The fraction of sp³-hybridized carbons (Fsp3) is 0.356. The first-order chi connectivity index (χ1) is 26.5. The molecule has 0 aliphatic rings. The number of ether oxygens (including phenoxy) is 1. The number of unbranched alkanes of at least 4 members (excludes halogenated alkanes) is 4. The lowest BCUT2D eigenvalue weighted by atomic mass is 9.95. The number of rotatable bonds is 17. The molecular formula is C45H54N4O5S. The van der Waals surface area contributed by atoms with E-state index in [1.54, 1.807) is 0 Å². The normalized spacial score (nSPS) is 12.1. The Hall–Kier alpha value is -5.35. The fourth-order valence-corrected chi connectivity index (χ4v) is 6.84.